The van der Waals surface area contributed by atoms with E-state index in [1.54, 1.807) is 0 Å². The summed E-state index contributed by atoms with van der Waals surface area (Å²) in [6.45, 7) is 11.7. The summed E-state index contributed by atoms with van der Waals surface area (Å²) in [6, 6.07) is 9.25. The molecule has 0 aliphatic carbocycles. The summed E-state index contributed by atoms with van der Waals surface area (Å²) in [5, 5.41) is 3.93. The van der Waals surface area contributed by atoms with Crippen LogP contribution in [0.1, 0.15) is 25.5 Å². The summed E-state index contributed by atoms with van der Waals surface area (Å²) in [5.41, 5.74) is 1.99. The molecule has 1 aliphatic heterocycles. The minimum absolute atomic E-state index is 0.0338. The van der Waals surface area contributed by atoms with Crippen LogP contribution in [0.15, 0.2) is 35.1 Å². The zero-order valence-corrected chi connectivity index (χ0v) is 18.5. The van der Waals surface area contributed by atoms with E-state index in [1.807, 2.05) is 40.4 Å². The van der Waals surface area contributed by atoms with Gasteiger partial charge in [0.1, 0.15) is 6.54 Å². The van der Waals surface area contributed by atoms with Crippen LogP contribution >= 0.6 is 0 Å². The van der Waals surface area contributed by atoms with Gasteiger partial charge in [0, 0.05) is 49.9 Å². The molecule has 1 aromatic carbocycles. The highest BCUT2D eigenvalue weighted by Crippen LogP contribution is 2.21. The average molecular weight is 425 g/mol. The van der Waals surface area contributed by atoms with E-state index in [9.17, 15) is 9.59 Å². The SMILES string of the molecule is CCCN1CCN(CCCNC(=O)Cn2c3ccccc3c3nc(=O)cc(C)n32)CC1. The molecule has 1 aliphatic rings. The van der Waals surface area contributed by atoms with Crippen LogP contribution in [0.4, 0.5) is 0 Å². The van der Waals surface area contributed by atoms with Crippen molar-refractivity contribution in [2.45, 2.75) is 33.2 Å². The Morgan fingerprint density at radius 2 is 1.81 bits per heavy atom. The fourth-order valence-corrected chi connectivity index (χ4v) is 4.50. The maximum absolute atomic E-state index is 12.7. The monoisotopic (exact) mass is 424 g/mol. The van der Waals surface area contributed by atoms with Gasteiger partial charge in [0.25, 0.3) is 5.56 Å². The second-order valence-electron chi connectivity index (χ2n) is 8.33. The summed E-state index contributed by atoms with van der Waals surface area (Å²) in [4.78, 5) is 33.8. The quantitative estimate of drug-likeness (QED) is 0.555. The van der Waals surface area contributed by atoms with Crippen molar-refractivity contribution < 1.29 is 4.79 Å². The molecule has 0 radical (unpaired) electrons. The Hall–Kier alpha value is -2.71. The highest BCUT2D eigenvalue weighted by molar-refractivity contribution is 5.93. The van der Waals surface area contributed by atoms with Crippen molar-refractivity contribution in [1.82, 2.24) is 29.3 Å². The van der Waals surface area contributed by atoms with Gasteiger partial charge in [-0.1, -0.05) is 19.1 Å². The van der Waals surface area contributed by atoms with Gasteiger partial charge in [-0.3, -0.25) is 14.3 Å². The zero-order chi connectivity index (χ0) is 21.8. The van der Waals surface area contributed by atoms with E-state index < -0.39 is 0 Å². The second kappa shape index (κ2) is 9.62. The Bertz CT molecular complexity index is 1110. The van der Waals surface area contributed by atoms with Gasteiger partial charge >= 0.3 is 0 Å². The lowest BCUT2D eigenvalue weighted by Gasteiger charge is -2.34. The number of aromatic nitrogens is 3. The van der Waals surface area contributed by atoms with E-state index in [1.165, 1.54) is 19.0 Å². The topological polar surface area (TPSA) is 74.9 Å². The Kier molecular flexibility index (Phi) is 6.67. The molecular formula is C23H32N6O2. The molecule has 0 spiro atoms. The third-order valence-electron chi connectivity index (χ3n) is 6.02. The van der Waals surface area contributed by atoms with E-state index in [-0.39, 0.29) is 18.0 Å². The van der Waals surface area contributed by atoms with Gasteiger partial charge < -0.3 is 15.1 Å². The van der Waals surface area contributed by atoms with Gasteiger partial charge in [0.05, 0.1) is 5.52 Å². The predicted octanol–water partition coefficient (Wildman–Crippen LogP) is 1.49. The van der Waals surface area contributed by atoms with Crippen LogP contribution in [0.3, 0.4) is 0 Å². The average Bonchev–Trinajstić information content (AvgIpc) is 3.06. The molecule has 8 heteroatoms. The second-order valence-corrected chi connectivity index (χ2v) is 8.33. The van der Waals surface area contributed by atoms with Crippen LogP contribution in [0.5, 0.6) is 0 Å². The lowest BCUT2D eigenvalue weighted by molar-refractivity contribution is -0.121. The highest BCUT2D eigenvalue weighted by atomic mass is 16.2. The van der Waals surface area contributed by atoms with Crippen LogP contribution in [0.2, 0.25) is 0 Å². The molecule has 166 valence electrons. The van der Waals surface area contributed by atoms with E-state index in [2.05, 4.69) is 27.0 Å². The first kappa shape index (κ1) is 21.5. The normalized spacial score (nSPS) is 15.7. The van der Waals surface area contributed by atoms with Crippen molar-refractivity contribution in [2.24, 2.45) is 0 Å². The Labute approximate surface area is 182 Å². The number of aryl methyl sites for hydroxylation is 1. The number of nitrogens with one attached hydrogen (secondary N) is 1. The van der Waals surface area contributed by atoms with E-state index in [0.29, 0.717) is 12.2 Å². The highest BCUT2D eigenvalue weighted by Gasteiger charge is 2.17. The maximum atomic E-state index is 12.7. The Morgan fingerprint density at radius 3 is 2.55 bits per heavy atom. The summed E-state index contributed by atoms with van der Waals surface area (Å²) in [7, 11) is 0. The third kappa shape index (κ3) is 4.80. The number of carbonyl (C=O) groups is 1. The number of benzene rings is 1. The molecule has 31 heavy (non-hydrogen) atoms. The summed E-state index contributed by atoms with van der Waals surface area (Å²) < 4.78 is 3.76. The van der Waals surface area contributed by atoms with Gasteiger partial charge in [-0.05, 0) is 45.0 Å². The fourth-order valence-electron chi connectivity index (χ4n) is 4.50. The number of fused-ring (bicyclic) bond motifs is 3. The van der Waals surface area contributed by atoms with Gasteiger partial charge in [-0.25, -0.2) is 4.52 Å². The van der Waals surface area contributed by atoms with Crippen molar-refractivity contribution >= 4 is 22.5 Å². The number of piperazine rings is 1. The van der Waals surface area contributed by atoms with Crippen molar-refractivity contribution in [2.75, 3.05) is 45.8 Å². The smallest absolute Gasteiger partial charge is 0.273 e. The zero-order valence-electron chi connectivity index (χ0n) is 18.5. The lowest BCUT2D eigenvalue weighted by atomic mass is 10.2. The Morgan fingerprint density at radius 1 is 1.10 bits per heavy atom. The number of hydrogen-bond donors (Lipinski definition) is 1. The molecule has 4 rings (SSSR count). The van der Waals surface area contributed by atoms with Crippen molar-refractivity contribution in [3.8, 4) is 0 Å². The lowest BCUT2D eigenvalue weighted by Crippen LogP contribution is -2.47. The predicted molar refractivity (Wildman–Crippen MR) is 122 cm³/mol. The maximum Gasteiger partial charge on any atom is 0.273 e. The summed E-state index contributed by atoms with van der Waals surface area (Å²) in [5.74, 6) is -0.0338. The van der Waals surface area contributed by atoms with Crippen LogP contribution in [-0.4, -0.2) is 75.7 Å². The molecular weight excluding hydrogens is 392 g/mol. The van der Waals surface area contributed by atoms with Crippen molar-refractivity contribution in [3.63, 3.8) is 0 Å². The van der Waals surface area contributed by atoms with E-state index in [0.717, 1.165) is 55.7 Å². The van der Waals surface area contributed by atoms with Gasteiger partial charge in [-0.15, -0.1) is 0 Å². The molecule has 3 heterocycles. The third-order valence-corrected chi connectivity index (χ3v) is 6.02. The number of carbonyl (C=O) groups excluding carboxylic acids is 1. The molecule has 3 aromatic rings. The number of rotatable bonds is 8. The van der Waals surface area contributed by atoms with Crippen LogP contribution in [-0.2, 0) is 11.3 Å². The summed E-state index contributed by atoms with van der Waals surface area (Å²) in [6.07, 6.45) is 2.16. The largest absolute Gasteiger partial charge is 0.354 e. The standard InChI is InChI=1S/C23H32N6O2/c1-3-10-26-12-14-27(15-13-26)11-6-9-24-22(31)17-28-20-8-5-4-7-19(20)23-25-21(30)16-18(2)29(23)28/h4-5,7-8,16H,3,6,9-15,17H2,1-2H3,(H,24,31). The number of nitrogens with zero attached hydrogens (tertiary/aromatic N) is 5. The first-order valence-electron chi connectivity index (χ1n) is 11.3. The van der Waals surface area contributed by atoms with Crippen LogP contribution in [0.25, 0.3) is 16.6 Å². The van der Waals surface area contributed by atoms with Gasteiger partial charge in [0.2, 0.25) is 5.91 Å². The molecule has 1 saturated heterocycles. The van der Waals surface area contributed by atoms with E-state index >= 15 is 0 Å². The molecule has 0 saturated carbocycles. The fraction of sp³-hybridized carbons (Fsp3) is 0.522. The van der Waals surface area contributed by atoms with Gasteiger partial charge in [-0.2, -0.15) is 4.98 Å². The molecule has 8 nitrogen and oxygen atoms in total. The minimum Gasteiger partial charge on any atom is -0.354 e. The number of amides is 1. The van der Waals surface area contributed by atoms with Crippen LogP contribution in [0, 0.1) is 6.92 Å². The Balaban J connectivity index is 1.35. The number of hydrogen-bond acceptors (Lipinski definition) is 5. The van der Waals surface area contributed by atoms with Crippen molar-refractivity contribution in [3.05, 3.63) is 46.4 Å². The van der Waals surface area contributed by atoms with Crippen LogP contribution < -0.4 is 10.9 Å². The molecule has 1 fully saturated rings. The minimum atomic E-state index is -0.264. The number of para-hydroxylation sites is 1. The molecule has 1 amide bonds. The summed E-state index contributed by atoms with van der Waals surface area (Å²) >= 11 is 0. The molecule has 1 N–H and O–H groups in total. The van der Waals surface area contributed by atoms with E-state index in [4.69, 9.17) is 0 Å². The molecule has 0 bridgehead atoms. The molecule has 0 atom stereocenters. The van der Waals surface area contributed by atoms with Crippen molar-refractivity contribution in [1.29, 1.82) is 0 Å². The first-order chi connectivity index (χ1) is 15.1. The molecule has 0 unspecified atom stereocenters. The first-order valence-corrected chi connectivity index (χ1v) is 11.3. The van der Waals surface area contributed by atoms with Gasteiger partial charge in [0.15, 0.2) is 5.65 Å². The molecule has 2 aromatic heterocycles.